The topological polar surface area (TPSA) is 37.4 Å². The van der Waals surface area contributed by atoms with E-state index < -0.39 is 10.0 Å². The van der Waals surface area contributed by atoms with Crippen LogP contribution in [-0.2, 0) is 10.0 Å². The normalized spacial score (nSPS) is 21.1. The molecular formula is C15H22BrNO2S2. The number of hydrogen-bond acceptors (Lipinski definition) is 3. The number of hydrogen-bond donors (Lipinski definition) is 0. The molecule has 0 radical (unpaired) electrons. The fraction of sp³-hybridized carbons (Fsp3) is 0.733. The molecule has 0 bridgehead atoms. The molecule has 0 aliphatic heterocycles. The summed E-state index contributed by atoms with van der Waals surface area (Å²) in [4.78, 5) is 0. The SMILES string of the molecule is Cc1cc(S(=O)(=O)N(CC2CCCCC2)C2CC2)sc1Br. The van der Waals surface area contributed by atoms with E-state index in [1.165, 1.54) is 43.4 Å². The first-order valence-corrected chi connectivity index (χ1v) is 10.8. The van der Waals surface area contributed by atoms with Crippen LogP contribution >= 0.6 is 27.3 Å². The van der Waals surface area contributed by atoms with Crippen LogP contribution in [0.2, 0.25) is 0 Å². The van der Waals surface area contributed by atoms with Crippen LogP contribution in [0.3, 0.4) is 0 Å². The molecule has 0 saturated heterocycles. The molecule has 0 atom stereocenters. The van der Waals surface area contributed by atoms with Crippen molar-refractivity contribution in [3.05, 3.63) is 15.4 Å². The van der Waals surface area contributed by atoms with E-state index in [1.54, 1.807) is 10.4 Å². The molecule has 6 heteroatoms. The van der Waals surface area contributed by atoms with Crippen molar-refractivity contribution in [2.24, 2.45) is 5.92 Å². The van der Waals surface area contributed by atoms with E-state index in [4.69, 9.17) is 0 Å². The Morgan fingerprint density at radius 1 is 1.24 bits per heavy atom. The van der Waals surface area contributed by atoms with Crippen molar-refractivity contribution in [1.82, 2.24) is 4.31 Å². The zero-order chi connectivity index (χ0) is 15.0. The summed E-state index contributed by atoms with van der Waals surface area (Å²) in [5.74, 6) is 0.554. The largest absolute Gasteiger partial charge is 0.252 e. The summed E-state index contributed by atoms with van der Waals surface area (Å²) in [6.07, 6.45) is 8.25. The molecule has 2 fully saturated rings. The van der Waals surface area contributed by atoms with Gasteiger partial charge in [-0.3, -0.25) is 0 Å². The maximum absolute atomic E-state index is 13.0. The summed E-state index contributed by atoms with van der Waals surface area (Å²) < 4.78 is 29.2. The third-order valence-corrected chi connectivity index (χ3v) is 9.02. The predicted molar refractivity (Wildman–Crippen MR) is 90.2 cm³/mol. The fourth-order valence-electron chi connectivity index (χ4n) is 3.10. The molecule has 3 nitrogen and oxygen atoms in total. The molecular weight excluding hydrogens is 370 g/mol. The molecule has 0 amide bonds. The van der Waals surface area contributed by atoms with Gasteiger partial charge < -0.3 is 0 Å². The first-order chi connectivity index (χ1) is 9.98. The minimum absolute atomic E-state index is 0.248. The van der Waals surface area contributed by atoms with Gasteiger partial charge in [-0.25, -0.2) is 8.42 Å². The average Bonchev–Trinajstić information content (AvgIpc) is 3.23. The Kier molecular flexibility index (Phi) is 4.79. The molecule has 21 heavy (non-hydrogen) atoms. The first-order valence-electron chi connectivity index (χ1n) is 7.76. The predicted octanol–water partition coefficient (Wildman–Crippen LogP) is 4.55. The summed E-state index contributed by atoms with van der Waals surface area (Å²) in [6, 6.07) is 2.05. The Morgan fingerprint density at radius 2 is 1.90 bits per heavy atom. The maximum atomic E-state index is 13.0. The molecule has 2 aliphatic rings. The minimum atomic E-state index is -3.32. The molecule has 1 heterocycles. The van der Waals surface area contributed by atoms with Crippen molar-refractivity contribution in [1.29, 1.82) is 0 Å². The van der Waals surface area contributed by atoms with Crippen LogP contribution in [0.15, 0.2) is 14.1 Å². The van der Waals surface area contributed by atoms with Gasteiger partial charge in [-0.1, -0.05) is 19.3 Å². The van der Waals surface area contributed by atoms with Gasteiger partial charge in [0.15, 0.2) is 0 Å². The van der Waals surface area contributed by atoms with Crippen LogP contribution in [0.4, 0.5) is 0 Å². The first kappa shape index (κ1) is 16.0. The zero-order valence-corrected chi connectivity index (χ0v) is 15.6. The van der Waals surface area contributed by atoms with E-state index in [2.05, 4.69) is 15.9 Å². The van der Waals surface area contributed by atoms with Gasteiger partial charge in [-0.2, -0.15) is 4.31 Å². The zero-order valence-electron chi connectivity index (χ0n) is 12.3. The van der Waals surface area contributed by atoms with Crippen molar-refractivity contribution in [2.75, 3.05) is 6.54 Å². The van der Waals surface area contributed by atoms with E-state index in [0.29, 0.717) is 10.1 Å². The van der Waals surface area contributed by atoms with Crippen LogP contribution in [0.1, 0.15) is 50.5 Å². The number of aryl methyl sites for hydroxylation is 1. The van der Waals surface area contributed by atoms with Gasteiger partial charge >= 0.3 is 0 Å². The lowest BCUT2D eigenvalue weighted by Crippen LogP contribution is -2.37. The van der Waals surface area contributed by atoms with Gasteiger partial charge in [0, 0.05) is 12.6 Å². The molecule has 118 valence electrons. The summed E-state index contributed by atoms with van der Waals surface area (Å²) in [7, 11) is -3.32. The van der Waals surface area contributed by atoms with Crippen molar-refractivity contribution >= 4 is 37.3 Å². The quantitative estimate of drug-likeness (QED) is 0.737. The number of halogens is 1. The van der Waals surface area contributed by atoms with Gasteiger partial charge in [0.2, 0.25) is 0 Å². The summed E-state index contributed by atoms with van der Waals surface area (Å²) in [5.41, 5.74) is 1.01. The summed E-state index contributed by atoms with van der Waals surface area (Å²) in [5, 5.41) is 0. The monoisotopic (exact) mass is 391 g/mol. The highest BCUT2D eigenvalue weighted by Crippen LogP contribution is 2.38. The summed E-state index contributed by atoms with van der Waals surface area (Å²) in [6.45, 7) is 2.67. The Balaban J connectivity index is 1.82. The molecule has 1 aromatic heterocycles. The Morgan fingerprint density at radius 3 is 2.43 bits per heavy atom. The van der Waals surface area contributed by atoms with Crippen molar-refractivity contribution < 1.29 is 8.42 Å². The Labute approximate surface area is 139 Å². The highest BCUT2D eigenvalue weighted by Gasteiger charge is 2.40. The van der Waals surface area contributed by atoms with Crippen LogP contribution in [-0.4, -0.2) is 25.3 Å². The summed E-state index contributed by atoms with van der Waals surface area (Å²) >= 11 is 4.79. The van der Waals surface area contributed by atoms with E-state index in [9.17, 15) is 8.42 Å². The minimum Gasteiger partial charge on any atom is -0.206 e. The molecule has 2 saturated carbocycles. The van der Waals surface area contributed by atoms with E-state index in [0.717, 1.165) is 28.7 Å². The molecule has 0 N–H and O–H groups in total. The second-order valence-corrected chi connectivity index (χ2v) is 10.8. The van der Waals surface area contributed by atoms with E-state index in [1.807, 2.05) is 6.92 Å². The van der Waals surface area contributed by atoms with Crippen LogP contribution in [0.5, 0.6) is 0 Å². The lowest BCUT2D eigenvalue weighted by atomic mass is 9.89. The van der Waals surface area contributed by atoms with Crippen molar-refractivity contribution in [2.45, 2.75) is 62.1 Å². The third-order valence-electron chi connectivity index (χ3n) is 4.51. The molecule has 3 rings (SSSR count). The molecule has 0 spiro atoms. The lowest BCUT2D eigenvalue weighted by molar-refractivity contribution is 0.275. The molecule has 0 aromatic carbocycles. The standard InChI is InChI=1S/C15H22BrNO2S2/c1-11-9-14(20-15(11)16)21(18,19)17(13-7-8-13)10-12-5-3-2-4-6-12/h9,12-13H,2-8,10H2,1H3. The number of sulfonamides is 1. The number of nitrogens with zero attached hydrogens (tertiary/aromatic N) is 1. The van der Waals surface area contributed by atoms with Crippen molar-refractivity contribution in [3.8, 4) is 0 Å². The Bertz CT molecular complexity index is 582. The molecule has 0 unspecified atom stereocenters. The lowest BCUT2D eigenvalue weighted by Gasteiger charge is -2.28. The highest BCUT2D eigenvalue weighted by molar-refractivity contribution is 9.11. The number of rotatable bonds is 5. The van der Waals surface area contributed by atoms with Crippen molar-refractivity contribution in [3.63, 3.8) is 0 Å². The van der Waals surface area contributed by atoms with Crippen LogP contribution < -0.4 is 0 Å². The van der Waals surface area contributed by atoms with Gasteiger partial charge in [-0.15, -0.1) is 11.3 Å². The van der Waals surface area contributed by atoms with E-state index >= 15 is 0 Å². The third kappa shape index (κ3) is 3.54. The molecule has 1 aromatic rings. The van der Waals surface area contributed by atoms with E-state index in [-0.39, 0.29) is 6.04 Å². The Hall–Kier alpha value is 0.0900. The molecule has 2 aliphatic carbocycles. The highest BCUT2D eigenvalue weighted by atomic mass is 79.9. The van der Waals surface area contributed by atoms with Gasteiger partial charge in [0.25, 0.3) is 10.0 Å². The second kappa shape index (κ2) is 6.30. The van der Waals surface area contributed by atoms with Gasteiger partial charge in [0.1, 0.15) is 4.21 Å². The number of thiophene rings is 1. The van der Waals surface area contributed by atoms with Crippen LogP contribution in [0.25, 0.3) is 0 Å². The fourth-order valence-corrected chi connectivity index (χ4v) is 7.22. The van der Waals surface area contributed by atoms with Crippen LogP contribution in [0, 0.1) is 12.8 Å². The van der Waals surface area contributed by atoms with Gasteiger partial charge in [0.05, 0.1) is 3.79 Å². The van der Waals surface area contributed by atoms with Gasteiger partial charge in [-0.05, 0) is 66.1 Å². The smallest absolute Gasteiger partial charge is 0.206 e. The maximum Gasteiger partial charge on any atom is 0.252 e. The second-order valence-electron chi connectivity index (χ2n) is 6.33. The average molecular weight is 392 g/mol.